The van der Waals surface area contributed by atoms with E-state index in [1.807, 2.05) is 6.92 Å². The molecule has 1 aromatic heterocycles. The first kappa shape index (κ1) is 15.0. The molecule has 7 nitrogen and oxygen atoms in total. The summed E-state index contributed by atoms with van der Waals surface area (Å²) in [6.07, 6.45) is 4.45. The molecule has 2 bridgehead atoms. The molecule has 1 aliphatic carbocycles. The molecule has 8 heteroatoms. The molecule has 0 unspecified atom stereocenters. The van der Waals surface area contributed by atoms with Crippen molar-refractivity contribution in [1.82, 2.24) is 13.9 Å². The summed E-state index contributed by atoms with van der Waals surface area (Å²) < 4.78 is 40.3. The third kappa shape index (κ3) is 2.61. The van der Waals surface area contributed by atoms with Crippen LogP contribution in [0.4, 0.5) is 0 Å². The summed E-state index contributed by atoms with van der Waals surface area (Å²) in [5.41, 5.74) is 0. The highest BCUT2D eigenvalue weighted by atomic mass is 32.2. The number of hydrogen-bond donors (Lipinski definition) is 0. The van der Waals surface area contributed by atoms with E-state index in [4.69, 9.17) is 9.47 Å². The molecule has 0 N–H and O–H groups in total. The Hall–Kier alpha value is -0.960. The van der Waals surface area contributed by atoms with Crippen molar-refractivity contribution >= 4 is 10.0 Å². The van der Waals surface area contributed by atoms with Gasteiger partial charge in [0.15, 0.2) is 5.03 Å². The van der Waals surface area contributed by atoms with E-state index in [0.717, 1.165) is 12.8 Å². The van der Waals surface area contributed by atoms with Crippen molar-refractivity contribution in [3.63, 3.8) is 0 Å². The van der Waals surface area contributed by atoms with E-state index in [0.29, 0.717) is 19.8 Å². The fourth-order valence-corrected chi connectivity index (χ4v) is 4.83. The first-order valence-electron chi connectivity index (χ1n) is 7.27. The van der Waals surface area contributed by atoms with Crippen LogP contribution in [0.1, 0.15) is 19.8 Å². The Bertz CT molecular complexity index is 600. The minimum Gasteiger partial charge on any atom is -0.374 e. The predicted octanol–water partition coefficient (Wildman–Crippen LogP) is 0.377. The highest BCUT2D eigenvalue weighted by Gasteiger charge is 2.47. The summed E-state index contributed by atoms with van der Waals surface area (Å²) in [6, 6.07) is -0.163. The number of fused-ring (bicyclic) bond motifs is 2. The van der Waals surface area contributed by atoms with Gasteiger partial charge in [-0.25, -0.2) is 13.4 Å². The van der Waals surface area contributed by atoms with Crippen LogP contribution in [0.15, 0.2) is 17.6 Å². The van der Waals surface area contributed by atoms with Gasteiger partial charge in [-0.05, 0) is 19.8 Å². The van der Waals surface area contributed by atoms with Crippen LogP contribution >= 0.6 is 0 Å². The number of aromatic nitrogens is 2. The van der Waals surface area contributed by atoms with Crippen LogP contribution < -0.4 is 0 Å². The van der Waals surface area contributed by atoms with Gasteiger partial charge in [0.1, 0.15) is 6.10 Å². The van der Waals surface area contributed by atoms with E-state index in [1.54, 1.807) is 11.6 Å². The first-order chi connectivity index (χ1) is 10.0. The SMILES string of the molecule is CCO[C@@H]1[C@H]2CC[C@H]1OCCN2S(=O)(=O)c1cn(C)cn1. The Morgan fingerprint density at radius 3 is 2.95 bits per heavy atom. The molecule has 1 saturated carbocycles. The Morgan fingerprint density at radius 2 is 2.29 bits per heavy atom. The molecular formula is C13H21N3O4S. The molecule has 1 aliphatic heterocycles. The number of sulfonamides is 1. The molecule has 0 spiro atoms. The summed E-state index contributed by atoms with van der Waals surface area (Å²) in [5, 5.41) is 0.0885. The van der Waals surface area contributed by atoms with Crippen LogP contribution in [0, 0.1) is 0 Å². The van der Waals surface area contributed by atoms with Gasteiger partial charge in [0, 0.05) is 26.4 Å². The lowest BCUT2D eigenvalue weighted by atomic mass is 10.2. The molecule has 2 fully saturated rings. The molecule has 2 heterocycles. The van der Waals surface area contributed by atoms with Gasteiger partial charge in [0.05, 0.1) is 25.1 Å². The zero-order valence-corrected chi connectivity index (χ0v) is 13.1. The Labute approximate surface area is 124 Å². The average molecular weight is 315 g/mol. The summed E-state index contributed by atoms with van der Waals surface area (Å²) in [6.45, 7) is 3.22. The Morgan fingerprint density at radius 1 is 1.48 bits per heavy atom. The summed E-state index contributed by atoms with van der Waals surface area (Å²) >= 11 is 0. The fraction of sp³-hybridized carbons (Fsp3) is 0.769. The van der Waals surface area contributed by atoms with Crippen molar-refractivity contribution < 1.29 is 17.9 Å². The maximum absolute atomic E-state index is 12.8. The lowest BCUT2D eigenvalue weighted by molar-refractivity contribution is -0.0470. The largest absolute Gasteiger partial charge is 0.374 e. The lowest BCUT2D eigenvalue weighted by Gasteiger charge is -2.29. The van der Waals surface area contributed by atoms with Gasteiger partial charge in [-0.15, -0.1) is 0 Å². The second-order valence-electron chi connectivity index (χ2n) is 5.47. The topological polar surface area (TPSA) is 73.7 Å². The van der Waals surface area contributed by atoms with Gasteiger partial charge in [-0.2, -0.15) is 4.31 Å². The molecule has 1 aromatic rings. The molecule has 2 aliphatic rings. The van der Waals surface area contributed by atoms with Crippen molar-refractivity contribution in [3.05, 3.63) is 12.5 Å². The van der Waals surface area contributed by atoms with E-state index in [-0.39, 0.29) is 23.3 Å². The van der Waals surface area contributed by atoms with Crippen LogP contribution in [0.25, 0.3) is 0 Å². The fourth-order valence-electron chi connectivity index (χ4n) is 3.21. The normalized spacial score (nSPS) is 30.5. The van der Waals surface area contributed by atoms with Crippen LogP contribution in [0.5, 0.6) is 0 Å². The van der Waals surface area contributed by atoms with Gasteiger partial charge in [-0.3, -0.25) is 0 Å². The number of imidazole rings is 1. The number of hydrogen-bond acceptors (Lipinski definition) is 5. The van der Waals surface area contributed by atoms with E-state index < -0.39 is 10.0 Å². The standard InChI is InChI=1S/C13H21N3O4S/c1-3-19-13-10-4-5-11(13)20-7-6-16(10)21(17,18)12-8-15(2)9-14-12/h8-11,13H,3-7H2,1-2H3/t10-,11-,13-/m1/s1. The third-order valence-corrected chi connectivity index (χ3v) is 5.93. The minimum atomic E-state index is -3.61. The summed E-state index contributed by atoms with van der Waals surface area (Å²) in [4.78, 5) is 4.00. The second kappa shape index (κ2) is 5.68. The highest BCUT2D eigenvalue weighted by Crippen LogP contribution is 2.34. The summed E-state index contributed by atoms with van der Waals surface area (Å²) in [7, 11) is -1.85. The highest BCUT2D eigenvalue weighted by molar-refractivity contribution is 7.89. The predicted molar refractivity (Wildman–Crippen MR) is 75.3 cm³/mol. The van der Waals surface area contributed by atoms with Gasteiger partial charge in [-0.1, -0.05) is 0 Å². The molecular weight excluding hydrogens is 294 g/mol. The molecule has 0 aromatic carbocycles. The van der Waals surface area contributed by atoms with E-state index in [1.165, 1.54) is 16.8 Å². The van der Waals surface area contributed by atoms with Gasteiger partial charge in [0.25, 0.3) is 10.0 Å². The van der Waals surface area contributed by atoms with Crippen molar-refractivity contribution in [3.8, 4) is 0 Å². The molecule has 0 amide bonds. The monoisotopic (exact) mass is 315 g/mol. The number of nitrogens with zero attached hydrogens (tertiary/aromatic N) is 3. The Balaban J connectivity index is 1.93. The maximum Gasteiger partial charge on any atom is 0.262 e. The zero-order valence-electron chi connectivity index (χ0n) is 12.3. The van der Waals surface area contributed by atoms with Gasteiger partial charge in [0.2, 0.25) is 0 Å². The van der Waals surface area contributed by atoms with Crippen molar-refractivity contribution in [2.24, 2.45) is 7.05 Å². The van der Waals surface area contributed by atoms with Gasteiger partial charge < -0.3 is 14.0 Å². The second-order valence-corrected chi connectivity index (χ2v) is 7.30. The van der Waals surface area contributed by atoms with E-state index >= 15 is 0 Å². The minimum absolute atomic E-state index is 0.00103. The zero-order chi connectivity index (χ0) is 15.0. The first-order valence-corrected chi connectivity index (χ1v) is 8.71. The number of ether oxygens (including phenoxy) is 2. The lowest BCUT2D eigenvalue weighted by Crippen LogP contribution is -2.46. The van der Waals surface area contributed by atoms with Crippen LogP contribution in [-0.2, 0) is 26.5 Å². The quantitative estimate of drug-likeness (QED) is 0.803. The molecule has 0 radical (unpaired) electrons. The van der Waals surface area contributed by atoms with Crippen molar-refractivity contribution in [2.45, 2.75) is 43.0 Å². The average Bonchev–Trinajstić information content (AvgIpc) is 2.95. The van der Waals surface area contributed by atoms with Crippen LogP contribution in [0.3, 0.4) is 0 Å². The third-order valence-electron chi connectivity index (χ3n) is 4.12. The smallest absolute Gasteiger partial charge is 0.262 e. The molecule has 3 atom stereocenters. The van der Waals surface area contributed by atoms with Crippen LogP contribution in [-0.4, -0.2) is 60.3 Å². The van der Waals surface area contributed by atoms with E-state index in [2.05, 4.69) is 4.98 Å². The summed E-state index contributed by atoms with van der Waals surface area (Å²) in [5.74, 6) is 0. The van der Waals surface area contributed by atoms with Gasteiger partial charge >= 0.3 is 0 Å². The Kier molecular flexibility index (Phi) is 4.04. The molecule has 118 valence electrons. The van der Waals surface area contributed by atoms with Crippen LogP contribution in [0.2, 0.25) is 0 Å². The van der Waals surface area contributed by atoms with E-state index in [9.17, 15) is 8.42 Å². The molecule has 3 rings (SSSR count). The number of aryl methyl sites for hydroxylation is 1. The van der Waals surface area contributed by atoms with Crippen molar-refractivity contribution in [1.29, 1.82) is 0 Å². The number of rotatable bonds is 4. The molecule has 1 saturated heterocycles. The maximum atomic E-state index is 12.8. The van der Waals surface area contributed by atoms with Crippen molar-refractivity contribution in [2.75, 3.05) is 19.8 Å². The molecule has 21 heavy (non-hydrogen) atoms.